The fraction of sp³-hybridized carbons (Fsp3) is 0.524. The second-order valence-electron chi connectivity index (χ2n) is 7.90. The van der Waals surface area contributed by atoms with Gasteiger partial charge in [-0.1, -0.05) is 18.2 Å². The maximum atomic E-state index is 6.29. The molecule has 0 bridgehead atoms. The van der Waals surface area contributed by atoms with Gasteiger partial charge in [0.2, 0.25) is 5.95 Å². The molecule has 2 aliphatic heterocycles. The third-order valence-electron chi connectivity index (χ3n) is 6.08. The number of anilines is 3. The summed E-state index contributed by atoms with van der Waals surface area (Å²) in [4.78, 5) is 15.9. The Morgan fingerprint density at radius 2 is 1.79 bits per heavy atom. The van der Waals surface area contributed by atoms with Crippen LogP contribution in [0.5, 0.6) is 0 Å². The summed E-state index contributed by atoms with van der Waals surface area (Å²) >= 11 is 1.88. The Bertz CT molecular complexity index is 821. The average Bonchev–Trinajstić information content (AvgIpc) is 3.38. The summed E-state index contributed by atoms with van der Waals surface area (Å²) in [5.74, 6) is 2.99. The number of nitrogens with zero attached hydrogens (tertiary/aromatic N) is 4. The highest BCUT2D eigenvalue weighted by atomic mass is 32.2. The molecule has 0 radical (unpaired) electrons. The smallest absolute Gasteiger partial charge is 0.227 e. The highest BCUT2D eigenvalue weighted by Crippen LogP contribution is 2.38. The number of rotatable bonds is 4. The fourth-order valence-electron chi connectivity index (χ4n) is 4.44. The molecule has 1 aliphatic carbocycles. The van der Waals surface area contributed by atoms with Crippen LogP contribution in [-0.2, 0) is 6.42 Å². The molecule has 3 heterocycles. The van der Waals surface area contributed by atoms with Crippen molar-refractivity contribution in [1.29, 1.82) is 0 Å². The number of nitrogens with one attached hydrogen (secondary N) is 1. The maximum absolute atomic E-state index is 6.29. The van der Waals surface area contributed by atoms with Gasteiger partial charge in [0.25, 0.3) is 0 Å². The number of thioether (sulfide) groups is 1. The van der Waals surface area contributed by atoms with Crippen molar-refractivity contribution in [3.63, 3.8) is 0 Å². The summed E-state index contributed by atoms with van der Waals surface area (Å²) in [6.07, 6.45) is 4.47. The van der Waals surface area contributed by atoms with Crippen LogP contribution in [0.3, 0.4) is 0 Å². The van der Waals surface area contributed by atoms with E-state index >= 15 is 0 Å². The third-order valence-corrected chi connectivity index (χ3v) is 7.21. The van der Waals surface area contributed by atoms with Gasteiger partial charge in [-0.2, -0.15) is 4.98 Å². The summed E-state index contributed by atoms with van der Waals surface area (Å²) in [5, 5.41) is 3.67. The van der Waals surface area contributed by atoms with E-state index in [0.717, 1.165) is 63.0 Å². The molecule has 6 nitrogen and oxygen atoms in total. The first-order valence-corrected chi connectivity index (χ1v) is 11.4. The Balaban J connectivity index is 1.34. The van der Waals surface area contributed by atoms with Crippen molar-refractivity contribution >= 4 is 29.2 Å². The van der Waals surface area contributed by atoms with E-state index in [1.165, 1.54) is 22.7 Å². The second-order valence-corrected chi connectivity index (χ2v) is 9.01. The number of para-hydroxylation sites is 1. The summed E-state index contributed by atoms with van der Waals surface area (Å²) < 4.78 is 0. The molecule has 0 amide bonds. The largest absolute Gasteiger partial charge is 0.368 e. The predicted molar refractivity (Wildman–Crippen MR) is 117 cm³/mol. The minimum atomic E-state index is 0.231. The van der Waals surface area contributed by atoms with Crippen molar-refractivity contribution in [2.45, 2.75) is 42.7 Å². The van der Waals surface area contributed by atoms with Crippen molar-refractivity contribution < 1.29 is 0 Å². The van der Waals surface area contributed by atoms with Gasteiger partial charge in [0, 0.05) is 56.1 Å². The number of hydrogen-bond donors (Lipinski definition) is 2. The molecule has 2 aromatic rings. The molecule has 7 heteroatoms. The minimum absolute atomic E-state index is 0.231. The minimum Gasteiger partial charge on any atom is -0.368 e. The Kier molecular flexibility index (Phi) is 5.03. The first-order chi connectivity index (χ1) is 13.8. The number of aryl methyl sites for hydroxylation is 1. The average molecular weight is 397 g/mol. The number of benzene rings is 1. The zero-order valence-electron chi connectivity index (χ0n) is 16.2. The molecule has 1 aromatic carbocycles. The Hall–Kier alpha value is -1.99. The van der Waals surface area contributed by atoms with Crippen LogP contribution in [0.2, 0.25) is 0 Å². The topological polar surface area (TPSA) is 70.3 Å². The van der Waals surface area contributed by atoms with E-state index in [0.29, 0.717) is 6.04 Å². The summed E-state index contributed by atoms with van der Waals surface area (Å²) in [6.45, 7) is 3.89. The summed E-state index contributed by atoms with van der Waals surface area (Å²) in [5.41, 5.74) is 8.80. The van der Waals surface area contributed by atoms with Crippen molar-refractivity contribution in [2.75, 3.05) is 47.0 Å². The van der Waals surface area contributed by atoms with Gasteiger partial charge in [0.15, 0.2) is 0 Å². The van der Waals surface area contributed by atoms with Crippen LogP contribution in [0.15, 0.2) is 35.2 Å². The lowest BCUT2D eigenvalue weighted by atomic mass is 10.2. The highest BCUT2D eigenvalue weighted by molar-refractivity contribution is 7.99. The number of hydrogen-bond acceptors (Lipinski definition) is 7. The van der Waals surface area contributed by atoms with Crippen LogP contribution in [0.1, 0.15) is 25.0 Å². The second kappa shape index (κ2) is 7.79. The molecule has 0 unspecified atom stereocenters. The first kappa shape index (κ1) is 18.1. The van der Waals surface area contributed by atoms with Gasteiger partial charge in [0.1, 0.15) is 5.82 Å². The SMILES string of the molecule is N[C@H]1CCC[C@@H]1Nc1nc(N2CCN(c3ccccc3)CC2)nc2c1SCC2. The quantitative estimate of drug-likeness (QED) is 0.823. The van der Waals surface area contributed by atoms with Gasteiger partial charge in [-0.25, -0.2) is 4.98 Å². The standard InChI is InChI=1S/C21H28N6S/c22-16-7-4-8-17(16)23-20-19-18(9-14-28-19)24-21(25-20)27-12-10-26(11-13-27)15-5-2-1-3-6-15/h1-3,5-6,16-17H,4,7-14,22H2,(H,23,24,25)/t16-,17-/m0/s1. The van der Waals surface area contributed by atoms with Crippen molar-refractivity contribution in [2.24, 2.45) is 5.73 Å². The molecular weight excluding hydrogens is 368 g/mol. The molecule has 2 atom stereocenters. The monoisotopic (exact) mass is 396 g/mol. The number of nitrogens with two attached hydrogens (primary N) is 1. The van der Waals surface area contributed by atoms with E-state index in [2.05, 4.69) is 45.4 Å². The van der Waals surface area contributed by atoms with E-state index in [9.17, 15) is 0 Å². The van der Waals surface area contributed by atoms with Crippen LogP contribution in [0, 0.1) is 0 Å². The van der Waals surface area contributed by atoms with E-state index in [1.807, 2.05) is 11.8 Å². The molecule has 148 valence electrons. The van der Waals surface area contributed by atoms with Crippen molar-refractivity contribution in [1.82, 2.24) is 9.97 Å². The molecular formula is C21H28N6S. The molecule has 1 saturated carbocycles. The zero-order chi connectivity index (χ0) is 18.9. The zero-order valence-corrected chi connectivity index (χ0v) is 17.0. The molecule has 3 aliphatic rings. The van der Waals surface area contributed by atoms with Gasteiger partial charge < -0.3 is 20.9 Å². The van der Waals surface area contributed by atoms with E-state index in [4.69, 9.17) is 15.7 Å². The Morgan fingerprint density at radius 3 is 2.54 bits per heavy atom. The van der Waals surface area contributed by atoms with Gasteiger partial charge in [-0.3, -0.25) is 0 Å². The van der Waals surface area contributed by atoms with E-state index in [-0.39, 0.29) is 6.04 Å². The van der Waals surface area contributed by atoms with Crippen LogP contribution < -0.4 is 20.9 Å². The summed E-state index contributed by atoms with van der Waals surface area (Å²) in [6, 6.07) is 11.2. The van der Waals surface area contributed by atoms with E-state index < -0.39 is 0 Å². The van der Waals surface area contributed by atoms with Crippen LogP contribution >= 0.6 is 11.8 Å². The molecule has 1 saturated heterocycles. The van der Waals surface area contributed by atoms with Gasteiger partial charge in [-0.05, 0) is 31.4 Å². The Morgan fingerprint density at radius 1 is 1.00 bits per heavy atom. The molecule has 2 fully saturated rings. The summed E-state index contributed by atoms with van der Waals surface area (Å²) in [7, 11) is 0. The molecule has 0 spiro atoms. The number of aromatic nitrogens is 2. The fourth-order valence-corrected chi connectivity index (χ4v) is 5.50. The molecule has 28 heavy (non-hydrogen) atoms. The normalized spacial score (nSPS) is 24.5. The lowest BCUT2D eigenvalue weighted by molar-refractivity contribution is 0.626. The molecule has 3 N–H and O–H groups in total. The first-order valence-electron chi connectivity index (χ1n) is 10.4. The lowest BCUT2D eigenvalue weighted by Gasteiger charge is -2.36. The number of piperazine rings is 1. The van der Waals surface area contributed by atoms with Crippen LogP contribution in [0.4, 0.5) is 17.5 Å². The third kappa shape index (κ3) is 3.53. The highest BCUT2D eigenvalue weighted by Gasteiger charge is 2.29. The van der Waals surface area contributed by atoms with Gasteiger partial charge in [0.05, 0.1) is 10.6 Å². The number of fused-ring (bicyclic) bond motifs is 1. The van der Waals surface area contributed by atoms with Crippen molar-refractivity contribution in [3.05, 3.63) is 36.0 Å². The maximum Gasteiger partial charge on any atom is 0.227 e. The molecule has 5 rings (SSSR count). The van der Waals surface area contributed by atoms with Gasteiger partial charge in [-0.15, -0.1) is 11.8 Å². The van der Waals surface area contributed by atoms with Crippen LogP contribution in [-0.4, -0.2) is 54.0 Å². The van der Waals surface area contributed by atoms with Gasteiger partial charge >= 0.3 is 0 Å². The lowest BCUT2D eigenvalue weighted by Crippen LogP contribution is -2.47. The van der Waals surface area contributed by atoms with Crippen molar-refractivity contribution in [3.8, 4) is 0 Å². The molecule has 1 aromatic heterocycles. The van der Waals surface area contributed by atoms with Crippen LogP contribution in [0.25, 0.3) is 0 Å². The Labute approximate surface area is 170 Å². The van der Waals surface area contributed by atoms with E-state index in [1.54, 1.807) is 0 Å². The predicted octanol–water partition coefficient (Wildman–Crippen LogP) is 2.74.